The molecule has 0 aliphatic rings. The van der Waals surface area contributed by atoms with Crippen molar-refractivity contribution in [2.24, 2.45) is 0 Å². The van der Waals surface area contributed by atoms with Crippen molar-refractivity contribution in [3.05, 3.63) is 34.9 Å². The lowest BCUT2D eigenvalue weighted by atomic mass is 10.0. The van der Waals surface area contributed by atoms with Crippen LogP contribution in [0.1, 0.15) is 43.8 Å². The largest absolute Gasteiger partial charge is 0.444 e. The summed E-state index contributed by atoms with van der Waals surface area (Å²) in [4.78, 5) is 13.3. The van der Waals surface area contributed by atoms with Crippen LogP contribution in [0.2, 0.25) is 0 Å². The number of aryl methyl sites for hydroxylation is 1. The molecule has 0 aromatic heterocycles. The van der Waals surface area contributed by atoms with Gasteiger partial charge in [-0.3, -0.25) is 0 Å². The lowest BCUT2D eigenvalue weighted by Crippen LogP contribution is -2.33. The Hall–Kier alpha value is -1.59. The zero-order chi connectivity index (χ0) is 15.5. The van der Waals surface area contributed by atoms with Crippen LogP contribution < -0.4 is 0 Å². The molecule has 1 rings (SSSR count). The van der Waals surface area contributed by atoms with Crippen molar-refractivity contribution in [3.63, 3.8) is 0 Å². The number of amides is 1. The number of ether oxygens (including phenoxy) is 1. The number of aliphatic hydroxyl groups excluding tert-OH is 1. The van der Waals surface area contributed by atoms with Gasteiger partial charge in [0.05, 0.1) is 0 Å². The summed E-state index contributed by atoms with van der Waals surface area (Å²) in [7, 11) is 1.64. The van der Waals surface area contributed by atoms with E-state index in [1.807, 2.05) is 26.8 Å². The molecule has 0 aliphatic heterocycles. The van der Waals surface area contributed by atoms with E-state index in [-0.39, 0.29) is 0 Å². The maximum atomic E-state index is 11.9. The second-order valence-corrected chi connectivity index (χ2v) is 5.90. The average Bonchev–Trinajstić information content (AvgIpc) is 2.28. The molecule has 0 radical (unpaired) electrons. The summed E-state index contributed by atoms with van der Waals surface area (Å²) in [5.74, 6) is 0. The summed E-state index contributed by atoms with van der Waals surface area (Å²) in [5, 5.41) is 18.6. The van der Waals surface area contributed by atoms with Crippen LogP contribution in [-0.2, 0) is 11.3 Å². The first-order valence-corrected chi connectivity index (χ1v) is 6.50. The van der Waals surface area contributed by atoms with Crippen LogP contribution in [0.4, 0.5) is 4.79 Å². The zero-order valence-electron chi connectivity index (χ0n) is 12.7. The van der Waals surface area contributed by atoms with E-state index in [0.29, 0.717) is 12.1 Å². The minimum absolute atomic E-state index is 0.342. The number of rotatable bonds is 3. The summed E-state index contributed by atoms with van der Waals surface area (Å²) in [6.45, 7) is 7.57. The van der Waals surface area contributed by atoms with Gasteiger partial charge in [0.15, 0.2) is 6.29 Å². The predicted molar refractivity (Wildman–Crippen MR) is 76.1 cm³/mol. The van der Waals surface area contributed by atoms with E-state index >= 15 is 0 Å². The molecular formula is C15H23NO4. The van der Waals surface area contributed by atoms with E-state index in [0.717, 1.165) is 11.1 Å². The molecule has 5 heteroatoms. The normalized spacial score (nSPS) is 11.6. The Morgan fingerprint density at radius 2 is 1.95 bits per heavy atom. The van der Waals surface area contributed by atoms with Gasteiger partial charge < -0.3 is 19.8 Å². The Kier molecular flexibility index (Phi) is 5.14. The van der Waals surface area contributed by atoms with Gasteiger partial charge in [0.1, 0.15) is 5.60 Å². The molecule has 0 fully saturated rings. The Bertz CT molecular complexity index is 477. The molecule has 0 aliphatic carbocycles. The highest BCUT2D eigenvalue weighted by atomic mass is 16.6. The first kappa shape index (κ1) is 16.5. The SMILES string of the molecule is Cc1ccc(CN(C)C(=O)OC(C)(C)C)cc1C(O)O. The molecule has 2 N–H and O–H groups in total. The minimum Gasteiger partial charge on any atom is -0.444 e. The molecule has 1 amide bonds. The van der Waals surface area contributed by atoms with Crippen molar-refractivity contribution >= 4 is 6.09 Å². The van der Waals surface area contributed by atoms with E-state index in [2.05, 4.69) is 0 Å². The smallest absolute Gasteiger partial charge is 0.410 e. The Morgan fingerprint density at radius 3 is 2.45 bits per heavy atom. The number of nitrogens with zero attached hydrogens (tertiary/aromatic N) is 1. The maximum absolute atomic E-state index is 11.9. The third kappa shape index (κ3) is 4.83. The molecule has 0 spiro atoms. The summed E-state index contributed by atoms with van der Waals surface area (Å²) in [6, 6.07) is 5.33. The third-order valence-corrected chi connectivity index (χ3v) is 2.75. The van der Waals surface area contributed by atoms with Crippen molar-refractivity contribution in [1.82, 2.24) is 4.90 Å². The monoisotopic (exact) mass is 281 g/mol. The number of hydrogen-bond donors (Lipinski definition) is 2. The molecule has 0 bridgehead atoms. The molecule has 0 saturated heterocycles. The highest BCUT2D eigenvalue weighted by molar-refractivity contribution is 5.67. The second-order valence-electron chi connectivity index (χ2n) is 5.90. The van der Waals surface area contributed by atoms with Crippen molar-refractivity contribution in [2.45, 2.75) is 46.1 Å². The fourth-order valence-corrected chi connectivity index (χ4v) is 1.74. The van der Waals surface area contributed by atoms with Crippen LogP contribution in [-0.4, -0.2) is 33.9 Å². The van der Waals surface area contributed by atoms with Gasteiger partial charge in [-0.2, -0.15) is 0 Å². The number of hydrogen-bond acceptors (Lipinski definition) is 4. The molecule has 1 aromatic carbocycles. The van der Waals surface area contributed by atoms with Crippen molar-refractivity contribution in [3.8, 4) is 0 Å². The third-order valence-electron chi connectivity index (χ3n) is 2.75. The van der Waals surface area contributed by atoms with Crippen LogP contribution in [0.5, 0.6) is 0 Å². The second kappa shape index (κ2) is 6.24. The van der Waals surface area contributed by atoms with Gasteiger partial charge in [-0.05, 0) is 44.9 Å². The molecule has 20 heavy (non-hydrogen) atoms. The van der Waals surface area contributed by atoms with Gasteiger partial charge >= 0.3 is 6.09 Å². The average molecular weight is 281 g/mol. The van der Waals surface area contributed by atoms with E-state index in [4.69, 9.17) is 4.74 Å². The molecule has 0 atom stereocenters. The maximum Gasteiger partial charge on any atom is 0.410 e. The van der Waals surface area contributed by atoms with Gasteiger partial charge in [0.2, 0.25) is 0 Å². The van der Waals surface area contributed by atoms with Crippen LogP contribution in [0, 0.1) is 6.92 Å². The van der Waals surface area contributed by atoms with E-state index in [9.17, 15) is 15.0 Å². The van der Waals surface area contributed by atoms with Crippen LogP contribution >= 0.6 is 0 Å². The fraction of sp³-hybridized carbons (Fsp3) is 0.533. The Labute approximate surface area is 119 Å². The lowest BCUT2D eigenvalue weighted by molar-refractivity contribution is -0.0429. The van der Waals surface area contributed by atoms with Gasteiger partial charge in [0, 0.05) is 19.2 Å². The Morgan fingerprint density at radius 1 is 1.35 bits per heavy atom. The van der Waals surface area contributed by atoms with Gasteiger partial charge in [-0.1, -0.05) is 12.1 Å². The first-order chi connectivity index (χ1) is 9.10. The summed E-state index contributed by atoms with van der Waals surface area (Å²) < 4.78 is 5.26. The number of aliphatic hydroxyl groups is 2. The standard InChI is InChI=1S/C15H23NO4/c1-10-6-7-11(8-12(10)13(17)18)9-16(5)14(19)20-15(2,3)4/h6-8,13,17-18H,9H2,1-5H3. The molecular weight excluding hydrogens is 258 g/mol. The highest BCUT2D eigenvalue weighted by Crippen LogP contribution is 2.19. The fourth-order valence-electron chi connectivity index (χ4n) is 1.74. The molecule has 0 heterocycles. The number of benzene rings is 1. The minimum atomic E-state index is -1.51. The van der Waals surface area contributed by atoms with E-state index in [1.54, 1.807) is 26.1 Å². The first-order valence-electron chi connectivity index (χ1n) is 6.50. The van der Waals surface area contributed by atoms with Crippen molar-refractivity contribution in [2.75, 3.05) is 7.05 Å². The van der Waals surface area contributed by atoms with Crippen molar-refractivity contribution < 1.29 is 19.7 Å². The summed E-state index contributed by atoms with van der Waals surface area (Å²) >= 11 is 0. The Balaban J connectivity index is 2.78. The van der Waals surface area contributed by atoms with Crippen LogP contribution in [0.15, 0.2) is 18.2 Å². The highest BCUT2D eigenvalue weighted by Gasteiger charge is 2.20. The molecule has 0 unspecified atom stereocenters. The molecule has 1 aromatic rings. The lowest BCUT2D eigenvalue weighted by Gasteiger charge is -2.25. The molecule has 0 saturated carbocycles. The van der Waals surface area contributed by atoms with Gasteiger partial charge in [0.25, 0.3) is 0 Å². The van der Waals surface area contributed by atoms with E-state index < -0.39 is 18.0 Å². The molecule has 5 nitrogen and oxygen atoms in total. The van der Waals surface area contributed by atoms with Crippen molar-refractivity contribution in [1.29, 1.82) is 0 Å². The van der Waals surface area contributed by atoms with Gasteiger partial charge in [-0.25, -0.2) is 4.79 Å². The van der Waals surface area contributed by atoms with Gasteiger partial charge in [-0.15, -0.1) is 0 Å². The van der Waals surface area contributed by atoms with E-state index in [1.165, 1.54) is 4.90 Å². The predicted octanol–water partition coefficient (Wildman–Crippen LogP) is 2.35. The topological polar surface area (TPSA) is 70.0 Å². The quantitative estimate of drug-likeness (QED) is 0.834. The summed E-state index contributed by atoms with van der Waals surface area (Å²) in [6.07, 6.45) is -1.93. The molecule has 112 valence electrons. The van der Waals surface area contributed by atoms with Crippen LogP contribution in [0.3, 0.4) is 0 Å². The zero-order valence-corrected chi connectivity index (χ0v) is 12.7. The number of carbonyl (C=O) groups is 1. The number of carbonyl (C=O) groups excluding carboxylic acids is 1. The summed E-state index contributed by atoms with van der Waals surface area (Å²) in [5.41, 5.74) is 1.52. The van der Waals surface area contributed by atoms with Crippen LogP contribution in [0.25, 0.3) is 0 Å².